The van der Waals surface area contributed by atoms with Gasteiger partial charge in [-0.05, 0) is 38.0 Å². The van der Waals surface area contributed by atoms with Crippen molar-refractivity contribution in [2.45, 2.75) is 77.3 Å². The van der Waals surface area contributed by atoms with Crippen molar-refractivity contribution in [1.29, 1.82) is 0 Å². The number of nitrogens with one attached hydrogen (secondary N) is 1. The fourth-order valence-corrected chi connectivity index (χ4v) is 4.89. The maximum Gasteiger partial charge on any atom is 0.110 e. The molecule has 106 valence electrons. The van der Waals surface area contributed by atoms with E-state index in [0.717, 1.165) is 5.92 Å². The van der Waals surface area contributed by atoms with E-state index in [1.54, 1.807) is 4.88 Å². The predicted molar refractivity (Wildman–Crippen MR) is 81.7 cm³/mol. The van der Waals surface area contributed by atoms with Crippen LogP contribution in [0, 0.1) is 5.92 Å². The number of fused-ring (bicyclic) bond motifs is 1. The second kappa shape index (κ2) is 5.92. The Kier molecular flexibility index (Phi) is 4.23. The minimum Gasteiger partial charge on any atom is -0.305 e. The molecule has 1 unspecified atom stereocenters. The van der Waals surface area contributed by atoms with Crippen molar-refractivity contribution < 1.29 is 0 Å². The summed E-state index contributed by atoms with van der Waals surface area (Å²) in [5.41, 5.74) is 1.41. The molecule has 2 aliphatic carbocycles. The smallest absolute Gasteiger partial charge is 0.110 e. The fraction of sp³-hybridized carbons (Fsp3) is 0.812. The molecule has 0 aliphatic heterocycles. The predicted octanol–water partition coefficient (Wildman–Crippen LogP) is 4.25. The van der Waals surface area contributed by atoms with E-state index in [9.17, 15) is 0 Å². The van der Waals surface area contributed by atoms with Crippen LogP contribution in [0.1, 0.15) is 74.0 Å². The van der Waals surface area contributed by atoms with E-state index in [1.807, 2.05) is 11.3 Å². The topological polar surface area (TPSA) is 24.9 Å². The monoisotopic (exact) mass is 278 g/mol. The molecule has 1 saturated carbocycles. The molecule has 0 saturated heterocycles. The average Bonchev–Trinajstić information content (AvgIpc) is 2.97. The SMILES string of the molecule is CC(C)NC(c1nc2c(s1)CCC2)C1CCCCC1. The molecule has 3 heteroatoms. The van der Waals surface area contributed by atoms with Gasteiger partial charge in [-0.1, -0.05) is 33.1 Å². The third kappa shape index (κ3) is 3.03. The lowest BCUT2D eigenvalue weighted by atomic mass is 9.84. The first-order chi connectivity index (χ1) is 9.24. The van der Waals surface area contributed by atoms with Crippen LogP contribution in [-0.4, -0.2) is 11.0 Å². The van der Waals surface area contributed by atoms with Gasteiger partial charge in [-0.2, -0.15) is 0 Å². The van der Waals surface area contributed by atoms with Crippen LogP contribution in [0.25, 0.3) is 0 Å². The van der Waals surface area contributed by atoms with Gasteiger partial charge in [0.2, 0.25) is 0 Å². The van der Waals surface area contributed by atoms with Crippen molar-refractivity contribution >= 4 is 11.3 Å². The first-order valence-electron chi connectivity index (χ1n) is 7.98. The lowest BCUT2D eigenvalue weighted by Gasteiger charge is -2.31. The molecule has 1 heterocycles. The first-order valence-corrected chi connectivity index (χ1v) is 8.80. The van der Waals surface area contributed by atoms with Crippen molar-refractivity contribution in [1.82, 2.24) is 10.3 Å². The Hall–Kier alpha value is -0.410. The van der Waals surface area contributed by atoms with Gasteiger partial charge in [-0.15, -0.1) is 11.3 Å². The first kappa shape index (κ1) is 13.6. The Morgan fingerprint density at radius 1 is 1.11 bits per heavy atom. The van der Waals surface area contributed by atoms with Gasteiger partial charge < -0.3 is 5.32 Å². The average molecular weight is 278 g/mol. The van der Waals surface area contributed by atoms with Crippen LogP contribution in [0.5, 0.6) is 0 Å². The highest BCUT2D eigenvalue weighted by Gasteiger charge is 2.29. The minimum absolute atomic E-state index is 0.510. The lowest BCUT2D eigenvalue weighted by molar-refractivity contribution is 0.259. The summed E-state index contributed by atoms with van der Waals surface area (Å²) in [6.07, 6.45) is 10.8. The summed E-state index contributed by atoms with van der Waals surface area (Å²) in [4.78, 5) is 6.55. The number of rotatable bonds is 4. The largest absolute Gasteiger partial charge is 0.305 e. The van der Waals surface area contributed by atoms with Crippen LogP contribution in [-0.2, 0) is 12.8 Å². The molecule has 0 spiro atoms. The van der Waals surface area contributed by atoms with Crippen molar-refractivity contribution in [3.63, 3.8) is 0 Å². The molecule has 0 aromatic carbocycles. The molecular weight excluding hydrogens is 252 g/mol. The summed E-state index contributed by atoms with van der Waals surface area (Å²) in [6.45, 7) is 4.52. The third-order valence-electron chi connectivity index (χ3n) is 4.51. The van der Waals surface area contributed by atoms with Gasteiger partial charge in [0.25, 0.3) is 0 Å². The summed E-state index contributed by atoms with van der Waals surface area (Å²) in [5, 5.41) is 5.18. The van der Waals surface area contributed by atoms with Crippen LogP contribution in [0.2, 0.25) is 0 Å². The van der Waals surface area contributed by atoms with Gasteiger partial charge in [-0.25, -0.2) is 4.98 Å². The van der Waals surface area contributed by atoms with Gasteiger partial charge in [-0.3, -0.25) is 0 Å². The molecule has 19 heavy (non-hydrogen) atoms. The number of aryl methyl sites for hydroxylation is 2. The second-order valence-electron chi connectivity index (χ2n) is 6.47. The number of thiazole rings is 1. The molecule has 0 radical (unpaired) electrons. The second-order valence-corrected chi connectivity index (χ2v) is 7.59. The van der Waals surface area contributed by atoms with Crippen molar-refractivity contribution in [3.8, 4) is 0 Å². The number of aromatic nitrogens is 1. The van der Waals surface area contributed by atoms with Gasteiger partial charge in [0.15, 0.2) is 0 Å². The van der Waals surface area contributed by atoms with Crippen molar-refractivity contribution in [3.05, 3.63) is 15.6 Å². The molecular formula is C16H26N2S. The molecule has 0 bridgehead atoms. The highest BCUT2D eigenvalue weighted by Crippen LogP contribution is 2.38. The van der Waals surface area contributed by atoms with Gasteiger partial charge >= 0.3 is 0 Å². The Labute approximate surface area is 121 Å². The molecule has 1 aromatic heterocycles. The molecule has 0 amide bonds. The van der Waals surface area contributed by atoms with Crippen LogP contribution in [0.15, 0.2) is 0 Å². The van der Waals surface area contributed by atoms with E-state index >= 15 is 0 Å². The summed E-state index contributed by atoms with van der Waals surface area (Å²) < 4.78 is 0. The summed E-state index contributed by atoms with van der Waals surface area (Å²) >= 11 is 1.99. The summed E-state index contributed by atoms with van der Waals surface area (Å²) in [6, 6.07) is 1.06. The molecule has 1 atom stereocenters. The Balaban J connectivity index is 1.80. The highest BCUT2D eigenvalue weighted by molar-refractivity contribution is 7.11. The number of hydrogen-bond donors (Lipinski definition) is 1. The standard InChI is InChI=1S/C16H26N2S/c1-11(2)17-15(12-7-4-3-5-8-12)16-18-13-9-6-10-14(13)19-16/h11-12,15,17H,3-10H2,1-2H3. The van der Waals surface area contributed by atoms with Gasteiger partial charge in [0, 0.05) is 10.9 Å². The van der Waals surface area contributed by atoms with E-state index in [4.69, 9.17) is 4.98 Å². The third-order valence-corrected chi connectivity index (χ3v) is 5.75. The van der Waals surface area contributed by atoms with E-state index in [1.165, 1.54) is 62.1 Å². The van der Waals surface area contributed by atoms with E-state index in [0.29, 0.717) is 12.1 Å². The summed E-state index contributed by atoms with van der Waals surface area (Å²) in [5.74, 6) is 0.808. The number of nitrogens with zero attached hydrogens (tertiary/aromatic N) is 1. The Bertz CT molecular complexity index is 397. The zero-order chi connectivity index (χ0) is 13.2. The molecule has 2 aliphatic rings. The maximum absolute atomic E-state index is 4.98. The molecule has 3 rings (SSSR count). The van der Waals surface area contributed by atoms with Crippen LogP contribution in [0.4, 0.5) is 0 Å². The molecule has 1 aromatic rings. The van der Waals surface area contributed by atoms with Crippen molar-refractivity contribution in [2.75, 3.05) is 0 Å². The quantitative estimate of drug-likeness (QED) is 0.890. The van der Waals surface area contributed by atoms with E-state index in [2.05, 4.69) is 19.2 Å². The number of hydrogen-bond acceptors (Lipinski definition) is 3. The van der Waals surface area contributed by atoms with Gasteiger partial charge in [0.1, 0.15) is 5.01 Å². The minimum atomic E-state index is 0.510. The zero-order valence-electron chi connectivity index (χ0n) is 12.2. The van der Waals surface area contributed by atoms with Crippen LogP contribution < -0.4 is 5.32 Å². The maximum atomic E-state index is 4.98. The zero-order valence-corrected chi connectivity index (χ0v) is 13.1. The lowest BCUT2D eigenvalue weighted by Crippen LogP contribution is -2.34. The Morgan fingerprint density at radius 2 is 1.89 bits per heavy atom. The summed E-state index contributed by atoms with van der Waals surface area (Å²) in [7, 11) is 0. The molecule has 1 fully saturated rings. The molecule has 2 nitrogen and oxygen atoms in total. The normalized spacial score (nSPS) is 21.8. The van der Waals surface area contributed by atoms with Crippen molar-refractivity contribution in [2.24, 2.45) is 5.92 Å². The van der Waals surface area contributed by atoms with Gasteiger partial charge in [0.05, 0.1) is 11.7 Å². The highest BCUT2D eigenvalue weighted by atomic mass is 32.1. The van der Waals surface area contributed by atoms with Crippen LogP contribution in [0.3, 0.4) is 0 Å². The van der Waals surface area contributed by atoms with Crippen LogP contribution >= 0.6 is 11.3 Å². The molecule has 1 N–H and O–H groups in total. The fourth-order valence-electron chi connectivity index (χ4n) is 3.58. The van der Waals surface area contributed by atoms with E-state index in [-0.39, 0.29) is 0 Å². The Morgan fingerprint density at radius 3 is 2.58 bits per heavy atom. The van der Waals surface area contributed by atoms with E-state index < -0.39 is 0 Å².